The lowest BCUT2D eigenvalue weighted by molar-refractivity contribution is 0.402. The van der Waals surface area contributed by atoms with E-state index < -0.39 is 6.17 Å². The third-order valence-electron chi connectivity index (χ3n) is 3.41. The Morgan fingerprint density at radius 2 is 2.26 bits per heavy atom. The number of halogens is 2. The molecule has 0 N–H and O–H groups in total. The second kappa shape index (κ2) is 4.61. The van der Waals surface area contributed by atoms with Gasteiger partial charge in [0, 0.05) is 24.6 Å². The molecule has 2 nitrogen and oxygen atoms in total. The minimum absolute atomic E-state index is 0.302. The Labute approximate surface area is 110 Å². The molecule has 1 aromatic heterocycles. The quantitative estimate of drug-likeness (QED) is 0.801. The topological polar surface area (TPSA) is 17.8 Å². The van der Waals surface area contributed by atoms with Gasteiger partial charge in [0.05, 0.1) is 17.4 Å². The van der Waals surface area contributed by atoms with E-state index in [4.69, 9.17) is 0 Å². The van der Waals surface area contributed by atoms with E-state index in [2.05, 4.69) is 4.98 Å². The van der Waals surface area contributed by atoms with Crippen LogP contribution in [0.5, 0.6) is 0 Å². The van der Waals surface area contributed by atoms with Crippen molar-refractivity contribution in [2.24, 2.45) is 0 Å². The lowest BCUT2D eigenvalue weighted by Gasteiger charge is -2.11. The minimum Gasteiger partial charge on any atom is -0.331 e. The van der Waals surface area contributed by atoms with E-state index in [0.29, 0.717) is 17.5 Å². The maximum atomic E-state index is 14.1. The fraction of sp³-hybridized carbons (Fsp3) is 0.267. The number of hydrogen-bond donors (Lipinski definition) is 0. The predicted octanol–water partition coefficient (Wildman–Crippen LogP) is 3.88. The van der Waals surface area contributed by atoms with Crippen LogP contribution in [0.3, 0.4) is 0 Å². The highest BCUT2D eigenvalue weighted by atomic mass is 19.1. The molecule has 98 valence electrons. The molecule has 0 spiro atoms. The van der Waals surface area contributed by atoms with Crippen molar-refractivity contribution >= 4 is 16.6 Å². The predicted molar refractivity (Wildman–Crippen MR) is 72.0 cm³/mol. The Bertz CT molecular complexity index is 683. The van der Waals surface area contributed by atoms with Gasteiger partial charge in [-0.05, 0) is 24.6 Å². The molecule has 1 heterocycles. The van der Waals surface area contributed by atoms with Gasteiger partial charge in [-0.1, -0.05) is 12.2 Å². The third-order valence-corrected chi connectivity index (χ3v) is 3.41. The Hall–Kier alpha value is -1.97. The zero-order valence-corrected chi connectivity index (χ0v) is 10.6. The van der Waals surface area contributed by atoms with Crippen molar-refractivity contribution in [3.8, 4) is 0 Å². The van der Waals surface area contributed by atoms with E-state index in [1.54, 1.807) is 24.5 Å². The van der Waals surface area contributed by atoms with Crippen LogP contribution in [0.1, 0.15) is 18.9 Å². The van der Waals surface area contributed by atoms with Crippen molar-refractivity contribution in [2.75, 3.05) is 0 Å². The second-order valence-corrected chi connectivity index (χ2v) is 4.62. The molecule has 3 rings (SSSR count). The molecule has 1 aromatic carbocycles. The van der Waals surface area contributed by atoms with Crippen molar-refractivity contribution in [3.05, 3.63) is 48.1 Å². The number of imidazole rings is 1. The fourth-order valence-corrected chi connectivity index (χ4v) is 2.35. The van der Waals surface area contributed by atoms with Gasteiger partial charge < -0.3 is 4.57 Å². The van der Waals surface area contributed by atoms with Gasteiger partial charge in [0.2, 0.25) is 0 Å². The van der Waals surface area contributed by atoms with E-state index in [9.17, 15) is 8.78 Å². The molecule has 1 aliphatic rings. The average molecular weight is 260 g/mol. The molecule has 1 aliphatic carbocycles. The first kappa shape index (κ1) is 12.1. The SMILES string of the molecule is CCn1cnc2cc(F)c(C3=CCC(F)C=C3)cc21. The van der Waals surface area contributed by atoms with Crippen molar-refractivity contribution in [3.63, 3.8) is 0 Å². The van der Waals surface area contributed by atoms with Crippen molar-refractivity contribution < 1.29 is 8.78 Å². The molecular weight excluding hydrogens is 246 g/mol. The summed E-state index contributed by atoms with van der Waals surface area (Å²) in [5.74, 6) is -0.318. The number of rotatable bonds is 2. The zero-order chi connectivity index (χ0) is 13.4. The first-order valence-electron chi connectivity index (χ1n) is 6.36. The summed E-state index contributed by atoms with van der Waals surface area (Å²) >= 11 is 0. The van der Waals surface area contributed by atoms with Crippen molar-refractivity contribution in [2.45, 2.75) is 26.1 Å². The van der Waals surface area contributed by atoms with Crippen LogP contribution >= 0.6 is 0 Å². The third kappa shape index (κ3) is 2.07. The highest BCUT2D eigenvalue weighted by Gasteiger charge is 2.14. The van der Waals surface area contributed by atoms with E-state index >= 15 is 0 Å². The molecule has 2 aromatic rings. The van der Waals surface area contributed by atoms with E-state index in [0.717, 1.165) is 17.6 Å². The molecular formula is C15H14F2N2. The zero-order valence-electron chi connectivity index (χ0n) is 10.6. The number of benzene rings is 1. The first-order valence-corrected chi connectivity index (χ1v) is 6.36. The second-order valence-electron chi connectivity index (χ2n) is 4.62. The number of alkyl halides is 1. The summed E-state index contributed by atoms with van der Waals surface area (Å²) in [7, 11) is 0. The molecule has 0 amide bonds. The molecule has 0 fully saturated rings. The Morgan fingerprint density at radius 3 is 2.95 bits per heavy atom. The van der Waals surface area contributed by atoms with Crippen molar-refractivity contribution in [1.82, 2.24) is 9.55 Å². The summed E-state index contributed by atoms with van der Waals surface area (Å²) in [4.78, 5) is 4.17. The maximum absolute atomic E-state index is 14.1. The molecule has 0 aliphatic heterocycles. The summed E-state index contributed by atoms with van der Waals surface area (Å²) in [6.45, 7) is 2.79. The lowest BCUT2D eigenvalue weighted by Crippen LogP contribution is -2.00. The van der Waals surface area contributed by atoms with Gasteiger partial charge in [-0.15, -0.1) is 0 Å². The smallest absolute Gasteiger partial charge is 0.133 e. The number of fused-ring (bicyclic) bond motifs is 1. The number of aryl methyl sites for hydroxylation is 1. The highest BCUT2D eigenvalue weighted by molar-refractivity contribution is 5.84. The van der Waals surface area contributed by atoms with Gasteiger partial charge in [-0.2, -0.15) is 0 Å². The molecule has 0 radical (unpaired) electrons. The number of aromatic nitrogens is 2. The largest absolute Gasteiger partial charge is 0.331 e. The molecule has 4 heteroatoms. The van der Waals surface area contributed by atoms with Gasteiger partial charge >= 0.3 is 0 Å². The van der Waals surface area contributed by atoms with Crippen LogP contribution in [0.25, 0.3) is 16.6 Å². The van der Waals surface area contributed by atoms with E-state index in [1.807, 2.05) is 11.5 Å². The van der Waals surface area contributed by atoms with Crippen LogP contribution in [0.2, 0.25) is 0 Å². The minimum atomic E-state index is -0.961. The summed E-state index contributed by atoms with van der Waals surface area (Å²) in [6.07, 6.45) is 5.90. The highest BCUT2D eigenvalue weighted by Crippen LogP contribution is 2.28. The van der Waals surface area contributed by atoms with Crippen LogP contribution in [-0.2, 0) is 6.54 Å². The number of hydrogen-bond acceptors (Lipinski definition) is 1. The van der Waals surface area contributed by atoms with Crippen molar-refractivity contribution in [1.29, 1.82) is 0 Å². The average Bonchev–Trinajstić information content (AvgIpc) is 2.81. The Morgan fingerprint density at radius 1 is 1.42 bits per heavy atom. The number of allylic oxidation sites excluding steroid dienone is 4. The summed E-state index contributed by atoms with van der Waals surface area (Å²) in [5.41, 5.74) is 2.78. The Kier molecular flexibility index (Phi) is 2.93. The monoisotopic (exact) mass is 260 g/mol. The number of nitrogens with zero attached hydrogens (tertiary/aromatic N) is 2. The maximum Gasteiger partial charge on any atom is 0.133 e. The van der Waals surface area contributed by atoms with E-state index in [-0.39, 0.29) is 5.82 Å². The van der Waals surface area contributed by atoms with Crippen LogP contribution in [0.4, 0.5) is 8.78 Å². The summed E-state index contributed by atoms with van der Waals surface area (Å²) in [6, 6.07) is 3.23. The van der Waals surface area contributed by atoms with Gasteiger partial charge in [-0.25, -0.2) is 13.8 Å². The molecule has 0 saturated carbocycles. The molecule has 1 atom stereocenters. The fourth-order valence-electron chi connectivity index (χ4n) is 2.35. The van der Waals surface area contributed by atoms with Gasteiger partial charge in [-0.3, -0.25) is 0 Å². The summed E-state index contributed by atoms with van der Waals surface area (Å²) < 4.78 is 29.1. The van der Waals surface area contributed by atoms with Crippen LogP contribution in [0.15, 0.2) is 36.7 Å². The standard InChI is InChI=1S/C15H14F2N2/c1-2-19-9-18-14-8-13(17)12(7-15(14)19)10-3-5-11(16)6-4-10/h3-5,7-9,11H,2,6H2,1H3. The van der Waals surface area contributed by atoms with Crippen LogP contribution < -0.4 is 0 Å². The van der Waals surface area contributed by atoms with Gasteiger partial charge in [0.25, 0.3) is 0 Å². The van der Waals surface area contributed by atoms with E-state index in [1.165, 1.54) is 12.1 Å². The van der Waals surface area contributed by atoms with Crippen LogP contribution in [0, 0.1) is 5.82 Å². The molecule has 0 saturated heterocycles. The molecule has 0 bridgehead atoms. The summed E-state index contributed by atoms with van der Waals surface area (Å²) in [5, 5.41) is 0. The molecule has 1 unspecified atom stereocenters. The lowest BCUT2D eigenvalue weighted by atomic mass is 9.98. The first-order chi connectivity index (χ1) is 9.19. The normalized spacial score (nSPS) is 18.9. The molecule has 19 heavy (non-hydrogen) atoms. The Balaban J connectivity index is 2.13. The van der Waals surface area contributed by atoms with Gasteiger partial charge in [0.15, 0.2) is 0 Å². The van der Waals surface area contributed by atoms with Crippen LogP contribution in [-0.4, -0.2) is 15.7 Å². The van der Waals surface area contributed by atoms with Gasteiger partial charge in [0.1, 0.15) is 12.0 Å².